The molecule has 1 saturated heterocycles. The van der Waals surface area contributed by atoms with Crippen LogP contribution in [0.5, 0.6) is 0 Å². The molecule has 0 aliphatic carbocycles. The van der Waals surface area contributed by atoms with Crippen LogP contribution in [0.15, 0.2) is 76.4 Å². The average Bonchev–Trinajstić information content (AvgIpc) is 3.28. The monoisotopic (exact) mass is 622 g/mol. The van der Waals surface area contributed by atoms with Crippen LogP contribution < -0.4 is 21.6 Å². The van der Waals surface area contributed by atoms with E-state index in [9.17, 15) is 14.4 Å². The Morgan fingerprint density at radius 3 is 1.95 bits per heavy atom. The van der Waals surface area contributed by atoms with Crippen LogP contribution in [0.1, 0.15) is 59.8 Å². The number of carbonyl (C=O) groups is 1. The van der Waals surface area contributed by atoms with Crippen LogP contribution in [0.4, 0.5) is 0 Å². The summed E-state index contributed by atoms with van der Waals surface area (Å²) in [4.78, 5) is 40.7. The maximum atomic E-state index is 13.3. The van der Waals surface area contributed by atoms with Gasteiger partial charge < -0.3 is 13.6 Å². The molecule has 0 bridgehead atoms. The second-order valence-corrected chi connectivity index (χ2v) is 23.2. The molecule has 1 aromatic heterocycles. The third kappa shape index (κ3) is 6.21. The number of rotatable bonds is 9. The van der Waals surface area contributed by atoms with Gasteiger partial charge in [0.05, 0.1) is 12.7 Å². The number of hydrogen-bond donors (Lipinski definition) is 1. The molecule has 2 heterocycles. The second kappa shape index (κ2) is 11.9. The predicted molar refractivity (Wildman–Crippen MR) is 175 cm³/mol. The summed E-state index contributed by atoms with van der Waals surface area (Å²) in [5, 5.41) is 1.71. The minimum Gasteiger partial charge on any atom is -0.410 e. The van der Waals surface area contributed by atoms with Crippen LogP contribution in [0.2, 0.25) is 23.2 Å². The highest BCUT2D eigenvalue weighted by Gasteiger charge is 2.57. The molecule has 4 rings (SSSR count). The number of nitrogens with one attached hydrogen (secondary N) is 1. The van der Waals surface area contributed by atoms with E-state index in [1.54, 1.807) is 6.92 Å². The van der Waals surface area contributed by atoms with Gasteiger partial charge in [0.2, 0.25) is 0 Å². The lowest BCUT2D eigenvalue weighted by Gasteiger charge is -2.46. The van der Waals surface area contributed by atoms with Gasteiger partial charge in [0.15, 0.2) is 20.2 Å². The van der Waals surface area contributed by atoms with E-state index in [2.05, 4.69) is 83.9 Å². The number of aryl methyl sites for hydroxylation is 1. The Labute approximate surface area is 256 Å². The number of aldehydes is 1. The Kier molecular flexibility index (Phi) is 9.13. The fourth-order valence-electron chi connectivity index (χ4n) is 5.66. The summed E-state index contributed by atoms with van der Waals surface area (Å²) in [5.74, 6) is 0. The highest BCUT2D eigenvalue weighted by molar-refractivity contribution is 6.99. The van der Waals surface area contributed by atoms with Crippen molar-refractivity contribution in [1.29, 1.82) is 0 Å². The van der Waals surface area contributed by atoms with Crippen LogP contribution in [0, 0.1) is 6.92 Å². The van der Waals surface area contributed by atoms with E-state index in [1.807, 2.05) is 36.4 Å². The fraction of sp³-hybridized carbons (Fsp3) is 0.485. The van der Waals surface area contributed by atoms with Gasteiger partial charge in [-0.05, 0) is 40.5 Å². The van der Waals surface area contributed by atoms with Crippen molar-refractivity contribution in [2.45, 2.75) is 96.0 Å². The van der Waals surface area contributed by atoms with Gasteiger partial charge in [0.1, 0.15) is 6.23 Å². The van der Waals surface area contributed by atoms with Crippen LogP contribution in [0.3, 0.4) is 0 Å². The summed E-state index contributed by atoms with van der Waals surface area (Å²) in [6.45, 7) is 18.8. The SMILES string of the molecule is Cc1cn(C2CC(O[Si](C)(C)C(C)(C)C)C(C=O)(CO[Si](c3ccccc3)(c3ccccc3)C(C)(C)C)O2)c(=O)[nH]c1=O. The number of ether oxygens (including phenoxy) is 1. The summed E-state index contributed by atoms with van der Waals surface area (Å²) in [7, 11) is -5.44. The Morgan fingerprint density at radius 2 is 1.49 bits per heavy atom. The predicted octanol–water partition coefficient (Wildman–Crippen LogP) is 4.67. The molecule has 0 spiro atoms. The smallest absolute Gasteiger partial charge is 0.330 e. The van der Waals surface area contributed by atoms with Crippen molar-refractivity contribution in [3.05, 3.63) is 93.3 Å². The quantitative estimate of drug-likeness (QED) is 0.275. The van der Waals surface area contributed by atoms with E-state index in [1.165, 1.54) is 10.8 Å². The van der Waals surface area contributed by atoms with E-state index >= 15 is 0 Å². The Balaban J connectivity index is 1.85. The van der Waals surface area contributed by atoms with Crippen molar-refractivity contribution in [2.24, 2.45) is 0 Å². The van der Waals surface area contributed by atoms with Crippen molar-refractivity contribution in [1.82, 2.24) is 9.55 Å². The van der Waals surface area contributed by atoms with E-state index in [0.29, 0.717) is 5.56 Å². The van der Waals surface area contributed by atoms with Crippen molar-refractivity contribution in [3.63, 3.8) is 0 Å². The molecule has 3 atom stereocenters. The summed E-state index contributed by atoms with van der Waals surface area (Å²) >= 11 is 0. The maximum Gasteiger partial charge on any atom is 0.330 e. The molecule has 1 N–H and O–H groups in total. The number of benzene rings is 2. The van der Waals surface area contributed by atoms with Gasteiger partial charge in [-0.15, -0.1) is 0 Å². The normalized spacial score (nSPS) is 21.6. The van der Waals surface area contributed by atoms with Gasteiger partial charge in [0.25, 0.3) is 13.9 Å². The lowest BCUT2D eigenvalue weighted by atomic mass is 10.00. The molecular formula is C33H46N2O6Si2. The van der Waals surface area contributed by atoms with Crippen molar-refractivity contribution < 1.29 is 18.4 Å². The van der Waals surface area contributed by atoms with Gasteiger partial charge >= 0.3 is 5.69 Å². The average molecular weight is 623 g/mol. The first-order valence-electron chi connectivity index (χ1n) is 14.9. The van der Waals surface area contributed by atoms with Gasteiger partial charge in [-0.25, -0.2) is 4.79 Å². The minimum absolute atomic E-state index is 0.0589. The van der Waals surface area contributed by atoms with E-state index in [0.717, 1.165) is 16.7 Å². The highest BCUT2D eigenvalue weighted by atomic mass is 28.4. The van der Waals surface area contributed by atoms with Gasteiger partial charge in [-0.1, -0.05) is 102 Å². The van der Waals surface area contributed by atoms with Crippen LogP contribution in [-0.4, -0.2) is 50.8 Å². The molecule has 2 aromatic carbocycles. The second-order valence-electron chi connectivity index (χ2n) is 14.2. The minimum atomic E-state index is -3.03. The summed E-state index contributed by atoms with van der Waals surface area (Å²) in [6.07, 6.45) is 1.03. The number of H-pyrrole nitrogens is 1. The zero-order valence-electron chi connectivity index (χ0n) is 26.9. The standard InChI is InChI=1S/C33H46N2O6Si2/c1-24-21-35(30(38)34-29(24)37)28-20-27(41-42(8,9)31(2,3)4)33(22-36,40-28)23-39-43(32(5,6)7,25-16-12-10-13-17-25)26-18-14-11-15-19-26/h10-19,21-22,27-28H,20,23H2,1-9H3,(H,34,37,38). The van der Waals surface area contributed by atoms with E-state index in [-0.39, 0.29) is 23.1 Å². The van der Waals surface area contributed by atoms with Crippen LogP contribution >= 0.6 is 0 Å². The number of hydrogen-bond acceptors (Lipinski definition) is 6. The number of nitrogens with zero attached hydrogens (tertiary/aromatic N) is 1. The molecule has 43 heavy (non-hydrogen) atoms. The first-order chi connectivity index (χ1) is 20.0. The molecule has 232 valence electrons. The largest absolute Gasteiger partial charge is 0.410 e. The summed E-state index contributed by atoms with van der Waals surface area (Å²) in [6, 6.07) is 20.4. The van der Waals surface area contributed by atoms with Crippen LogP contribution in [-0.2, 0) is 18.4 Å². The van der Waals surface area contributed by atoms with Crippen molar-refractivity contribution in [2.75, 3.05) is 6.61 Å². The molecule has 8 nitrogen and oxygen atoms in total. The maximum absolute atomic E-state index is 13.3. The first-order valence-corrected chi connectivity index (χ1v) is 19.7. The Hall–Kier alpha value is -2.90. The zero-order valence-corrected chi connectivity index (χ0v) is 28.9. The lowest BCUT2D eigenvalue weighted by Crippen LogP contribution is -2.68. The third-order valence-corrected chi connectivity index (χ3v) is 18.6. The Morgan fingerprint density at radius 1 is 0.953 bits per heavy atom. The zero-order chi connectivity index (χ0) is 31.8. The fourth-order valence-corrected chi connectivity index (χ4v) is 11.6. The molecule has 3 unspecified atom stereocenters. The topological polar surface area (TPSA) is 99.6 Å². The number of aromatic nitrogens is 2. The molecule has 1 fully saturated rings. The van der Waals surface area contributed by atoms with Gasteiger partial charge in [-0.3, -0.25) is 19.1 Å². The van der Waals surface area contributed by atoms with Crippen molar-refractivity contribution >= 4 is 33.3 Å². The molecule has 0 radical (unpaired) electrons. The van der Waals surface area contributed by atoms with Gasteiger partial charge in [0, 0.05) is 18.2 Å². The highest BCUT2D eigenvalue weighted by Crippen LogP contribution is 2.45. The van der Waals surface area contributed by atoms with E-state index < -0.39 is 45.8 Å². The lowest BCUT2D eigenvalue weighted by molar-refractivity contribution is -0.149. The van der Waals surface area contributed by atoms with Gasteiger partial charge in [-0.2, -0.15) is 0 Å². The molecule has 10 heteroatoms. The molecular weight excluding hydrogens is 577 g/mol. The van der Waals surface area contributed by atoms with Crippen molar-refractivity contribution in [3.8, 4) is 0 Å². The van der Waals surface area contributed by atoms with Crippen LogP contribution in [0.25, 0.3) is 0 Å². The first kappa shape index (κ1) is 33.0. The molecule has 3 aromatic rings. The number of aromatic amines is 1. The molecule has 1 aliphatic heterocycles. The van der Waals surface area contributed by atoms with E-state index in [4.69, 9.17) is 13.6 Å². The molecule has 0 amide bonds. The third-order valence-electron chi connectivity index (χ3n) is 9.15. The molecule has 1 aliphatic rings. The number of carbonyl (C=O) groups excluding carboxylic acids is 1. The Bertz CT molecular complexity index is 1500. The molecule has 0 saturated carbocycles. The summed E-state index contributed by atoms with van der Waals surface area (Å²) in [5.41, 5.74) is -2.17. The summed E-state index contributed by atoms with van der Waals surface area (Å²) < 4.78 is 22.0.